The van der Waals surface area contributed by atoms with E-state index in [0.717, 1.165) is 19.3 Å². The van der Waals surface area contributed by atoms with E-state index in [-0.39, 0.29) is 5.97 Å². The largest absolute Gasteiger partial charge is 0.465 e. The Hall–Kier alpha value is -1.55. The topological polar surface area (TPSA) is 73.9 Å². The van der Waals surface area contributed by atoms with Gasteiger partial charge in [-0.3, -0.25) is 4.79 Å². The molecule has 1 unspecified atom stereocenters. The molecule has 1 aliphatic rings. The van der Waals surface area contributed by atoms with Gasteiger partial charge in [0.05, 0.1) is 24.7 Å². The second-order valence-electron chi connectivity index (χ2n) is 4.16. The molecule has 0 aromatic carbocycles. The fourth-order valence-corrected chi connectivity index (χ4v) is 2.06. The first kappa shape index (κ1) is 12.5. The molecule has 0 radical (unpaired) electrons. The predicted octanol–water partition coefficient (Wildman–Crippen LogP) is 2.16. The van der Waals surface area contributed by atoms with Crippen LogP contribution < -0.4 is 0 Å². The fraction of sp³-hybridized carbons (Fsp3) is 0.750. The highest BCUT2D eigenvalue weighted by Crippen LogP contribution is 2.38. The van der Waals surface area contributed by atoms with Crippen LogP contribution in [0.3, 0.4) is 0 Å². The number of hydrogen-bond acceptors (Lipinski definition) is 4. The van der Waals surface area contributed by atoms with Gasteiger partial charge in [-0.25, -0.2) is 0 Å². The second kappa shape index (κ2) is 5.51. The monoisotopic (exact) mass is 220 g/mol. The summed E-state index contributed by atoms with van der Waals surface area (Å²) in [7, 11) is 0. The zero-order valence-corrected chi connectivity index (χ0v) is 9.53. The van der Waals surface area contributed by atoms with E-state index in [1.165, 1.54) is 0 Å². The molecule has 0 saturated carbocycles. The van der Waals surface area contributed by atoms with Gasteiger partial charge in [-0.15, -0.1) is 0 Å². The van der Waals surface area contributed by atoms with Crippen molar-refractivity contribution in [3.05, 3.63) is 0 Å². The van der Waals surface area contributed by atoms with E-state index in [1.807, 2.05) is 12.1 Å². The van der Waals surface area contributed by atoms with Crippen molar-refractivity contribution >= 4 is 5.97 Å². The number of carbonyl (C=O) groups is 1. The van der Waals surface area contributed by atoms with Crippen LogP contribution in [0.25, 0.3) is 0 Å². The second-order valence-corrected chi connectivity index (χ2v) is 4.16. The molecule has 86 valence electrons. The molecule has 1 aliphatic heterocycles. The molecule has 0 N–H and O–H groups in total. The van der Waals surface area contributed by atoms with E-state index in [4.69, 9.17) is 4.74 Å². The van der Waals surface area contributed by atoms with Crippen molar-refractivity contribution in [2.24, 2.45) is 11.3 Å². The molecule has 0 spiro atoms. The van der Waals surface area contributed by atoms with Crippen LogP contribution in [0.2, 0.25) is 0 Å². The minimum Gasteiger partial charge on any atom is -0.465 e. The number of nitriles is 2. The number of unbranched alkanes of at least 4 members (excludes halogenated alkanes) is 2. The molecule has 16 heavy (non-hydrogen) atoms. The third-order valence-corrected chi connectivity index (χ3v) is 3.10. The minimum absolute atomic E-state index is 0.336. The highest BCUT2D eigenvalue weighted by atomic mass is 16.5. The summed E-state index contributed by atoms with van der Waals surface area (Å²) in [4.78, 5) is 11.4. The van der Waals surface area contributed by atoms with Crippen LogP contribution in [0.15, 0.2) is 0 Å². The Morgan fingerprint density at radius 3 is 2.56 bits per heavy atom. The lowest BCUT2D eigenvalue weighted by atomic mass is 9.73. The summed E-state index contributed by atoms with van der Waals surface area (Å²) in [5, 5.41) is 18.3. The smallest absolute Gasteiger partial charge is 0.311 e. The summed E-state index contributed by atoms with van der Waals surface area (Å²) in [6, 6.07) is 4.07. The lowest BCUT2D eigenvalue weighted by Gasteiger charge is -2.22. The van der Waals surface area contributed by atoms with Crippen molar-refractivity contribution in [1.29, 1.82) is 10.5 Å². The Bertz CT molecular complexity index is 324. The summed E-state index contributed by atoms with van der Waals surface area (Å²) in [6.07, 6.45) is 3.77. The standard InChI is InChI=1S/C12H16N2O2/c1-2-3-4-6-12(8-13,9-14)10-5-7-16-11(10)15/h10H,2-7H2,1H3. The molecule has 1 heterocycles. The molecule has 0 bridgehead atoms. The molecule has 4 nitrogen and oxygen atoms in total. The lowest BCUT2D eigenvalue weighted by Crippen LogP contribution is -2.31. The van der Waals surface area contributed by atoms with Crippen molar-refractivity contribution in [2.75, 3.05) is 6.61 Å². The van der Waals surface area contributed by atoms with Crippen molar-refractivity contribution in [1.82, 2.24) is 0 Å². The number of rotatable bonds is 5. The van der Waals surface area contributed by atoms with Gasteiger partial charge in [0, 0.05) is 0 Å². The maximum atomic E-state index is 11.4. The molecule has 1 fully saturated rings. The van der Waals surface area contributed by atoms with Gasteiger partial charge in [-0.1, -0.05) is 26.2 Å². The molecular weight excluding hydrogens is 204 g/mol. The number of nitrogens with zero attached hydrogens (tertiary/aromatic N) is 2. The first-order chi connectivity index (χ1) is 7.70. The number of ether oxygens (including phenoxy) is 1. The fourth-order valence-electron chi connectivity index (χ4n) is 2.06. The normalized spacial score (nSPS) is 19.9. The average Bonchev–Trinajstić information content (AvgIpc) is 2.72. The van der Waals surface area contributed by atoms with Gasteiger partial charge in [-0.05, 0) is 12.8 Å². The molecule has 4 heteroatoms. The van der Waals surface area contributed by atoms with Crippen molar-refractivity contribution in [3.63, 3.8) is 0 Å². The highest BCUT2D eigenvalue weighted by molar-refractivity contribution is 5.76. The molecule has 0 aliphatic carbocycles. The molecule has 1 saturated heterocycles. The highest BCUT2D eigenvalue weighted by Gasteiger charge is 2.47. The van der Waals surface area contributed by atoms with Gasteiger partial charge < -0.3 is 4.74 Å². The van der Waals surface area contributed by atoms with Crippen LogP contribution in [-0.2, 0) is 9.53 Å². The number of cyclic esters (lactones) is 1. The molecule has 0 aromatic rings. The van der Waals surface area contributed by atoms with Crippen LogP contribution in [0.5, 0.6) is 0 Å². The molecule has 0 aromatic heterocycles. The Morgan fingerprint density at radius 2 is 2.12 bits per heavy atom. The van der Waals surface area contributed by atoms with Gasteiger partial charge in [-0.2, -0.15) is 10.5 Å². The first-order valence-electron chi connectivity index (χ1n) is 5.69. The zero-order chi connectivity index (χ0) is 12.0. The van der Waals surface area contributed by atoms with E-state index in [9.17, 15) is 15.3 Å². The van der Waals surface area contributed by atoms with Crippen molar-refractivity contribution in [2.45, 2.75) is 39.0 Å². The van der Waals surface area contributed by atoms with Crippen molar-refractivity contribution in [3.8, 4) is 12.1 Å². The van der Waals surface area contributed by atoms with Crippen LogP contribution >= 0.6 is 0 Å². The Labute approximate surface area is 95.8 Å². The zero-order valence-electron chi connectivity index (χ0n) is 9.53. The van der Waals surface area contributed by atoms with Crippen LogP contribution in [0.4, 0.5) is 0 Å². The van der Waals surface area contributed by atoms with Crippen LogP contribution in [-0.4, -0.2) is 12.6 Å². The lowest BCUT2D eigenvalue weighted by molar-refractivity contribution is -0.143. The third-order valence-electron chi connectivity index (χ3n) is 3.10. The number of esters is 1. The summed E-state index contributed by atoms with van der Waals surface area (Å²) in [5.41, 5.74) is -1.18. The molecule has 1 rings (SSSR count). The van der Waals surface area contributed by atoms with E-state index in [2.05, 4.69) is 6.92 Å². The summed E-state index contributed by atoms with van der Waals surface area (Å²) >= 11 is 0. The quantitative estimate of drug-likeness (QED) is 0.525. The van der Waals surface area contributed by atoms with E-state index in [1.54, 1.807) is 0 Å². The molecule has 1 atom stereocenters. The van der Waals surface area contributed by atoms with Crippen molar-refractivity contribution < 1.29 is 9.53 Å². The number of carbonyl (C=O) groups excluding carboxylic acids is 1. The summed E-state index contributed by atoms with van der Waals surface area (Å²) in [5.74, 6) is -0.945. The predicted molar refractivity (Wildman–Crippen MR) is 56.9 cm³/mol. The summed E-state index contributed by atoms with van der Waals surface area (Å²) in [6.45, 7) is 2.40. The Kier molecular flexibility index (Phi) is 4.31. The maximum Gasteiger partial charge on any atom is 0.311 e. The third kappa shape index (κ3) is 2.33. The number of hydrogen-bond donors (Lipinski definition) is 0. The van der Waals surface area contributed by atoms with Gasteiger partial charge in [0.25, 0.3) is 0 Å². The Morgan fingerprint density at radius 1 is 1.44 bits per heavy atom. The van der Waals surface area contributed by atoms with Gasteiger partial charge >= 0.3 is 5.97 Å². The van der Waals surface area contributed by atoms with Gasteiger partial charge in [0.2, 0.25) is 0 Å². The van der Waals surface area contributed by atoms with E-state index >= 15 is 0 Å². The van der Waals surface area contributed by atoms with E-state index < -0.39 is 11.3 Å². The average molecular weight is 220 g/mol. The minimum atomic E-state index is -1.18. The SMILES string of the molecule is CCCCCC(C#N)(C#N)C1CCOC1=O. The first-order valence-corrected chi connectivity index (χ1v) is 5.69. The van der Waals surface area contributed by atoms with Gasteiger partial charge in [0.15, 0.2) is 5.41 Å². The van der Waals surface area contributed by atoms with Crippen LogP contribution in [0, 0.1) is 34.0 Å². The van der Waals surface area contributed by atoms with E-state index in [0.29, 0.717) is 19.4 Å². The summed E-state index contributed by atoms with van der Waals surface area (Å²) < 4.78 is 4.84. The Balaban J connectivity index is 2.76. The maximum absolute atomic E-state index is 11.4. The van der Waals surface area contributed by atoms with Crippen LogP contribution in [0.1, 0.15) is 39.0 Å². The molecule has 0 amide bonds. The molecular formula is C12H16N2O2. The van der Waals surface area contributed by atoms with Gasteiger partial charge in [0.1, 0.15) is 0 Å².